The van der Waals surface area contributed by atoms with Crippen molar-refractivity contribution in [3.05, 3.63) is 95.4 Å². The largest absolute Gasteiger partial charge is 0.459 e. The number of rotatable bonds is 5. The minimum Gasteiger partial charge on any atom is -0.459 e. The molecule has 0 saturated carbocycles. The molecule has 0 bridgehead atoms. The number of carbonyl (C=O) groups is 2. The van der Waals surface area contributed by atoms with Gasteiger partial charge in [0.05, 0.1) is 18.0 Å². The zero-order chi connectivity index (χ0) is 22.0. The van der Waals surface area contributed by atoms with E-state index in [2.05, 4.69) is 5.10 Å². The molecule has 4 rings (SSSR count). The van der Waals surface area contributed by atoms with Crippen LogP contribution in [0.15, 0.2) is 76.4 Å². The second-order valence-corrected chi connectivity index (χ2v) is 7.14. The summed E-state index contributed by atoms with van der Waals surface area (Å²) in [5.41, 5.74) is 0.852. The Labute approximate surface area is 177 Å². The molecule has 0 N–H and O–H groups in total. The van der Waals surface area contributed by atoms with Gasteiger partial charge in [-0.3, -0.25) is 9.59 Å². The van der Waals surface area contributed by atoms with Crippen molar-refractivity contribution in [2.24, 2.45) is 5.10 Å². The van der Waals surface area contributed by atoms with Crippen molar-refractivity contribution >= 4 is 17.5 Å². The number of furan rings is 1. The van der Waals surface area contributed by atoms with Crippen LogP contribution < -0.4 is 0 Å². The maximum Gasteiger partial charge on any atom is 0.289 e. The van der Waals surface area contributed by atoms with E-state index >= 15 is 0 Å². The smallest absolute Gasteiger partial charge is 0.289 e. The summed E-state index contributed by atoms with van der Waals surface area (Å²) in [7, 11) is 1.46. The molecule has 1 aliphatic rings. The third-order valence-corrected chi connectivity index (χ3v) is 5.07. The number of hydrazone groups is 1. The zero-order valence-corrected chi connectivity index (χ0v) is 16.7. The molecule has 3 aromatic rings. The van der Waals surface area contributed by atoms with Gasteiger partial charge in [-0.05, 0) is 24.3 Å². The Kier molecular flexibility index (Phi) is 5.62. The molecule has 2 amide bonds. The van der Waals surface area contributed by atoms with Crippen LogP contribution in [-0.4, -0.2) is 41.0 Å². The standard InChI is InChI=1S/C23H19F2N3O3/c1-27(23(30)21-11-6-12-31-21)14-22(29)28-20(16-8-3-5-10-18(16)25)13-19(26-28)15-7-2-4-9-17(15)24/h2-12,20H,13-14H2,1H3. The van der Waals surface area contributed by atoms with Gasteiger partial charge in [0.15, 0.2) is 5.76 Å². The summed E-state index contributed by atoms with van der Waals surface area (Å²) in [6.45, 7) is -0.307. The number of halogens is 2. The number of carbonyl (C=O) groups excluding carboxylic acids is 2. The van der Waals surface area contributed by atoms with E-state index < -0.39 is 29.5 Å². The van der Waals surface area contributed by atoms with Crippen LogP contribution in [0.2, 0.25) is 0 Å². The number of hydrogen-bond donors (Lipinski definition) is 0. The average Bonchev–Trinajstić information content (AvgIpc) is 3.44. The Morgan fingerprint density at radius 2 is 1.77 bits per heavy atom. The van der Waals surface area contributed by atoms with Crippen molar-refractivity contribution in [3.63, 3.8) is 0 Å². The van der Waals surface area contributed by atoms with Crippen LogP contribution in [0.1, 0.15) is 34.1 Å². The van der Waals surface area contributed by atoms with Gasteiger partial charge in [-0.15, -0.1) is 0 Å². The van der Waals surface area contributed by atoms with Crippen LogP contribution >= 0.6 is 0 Å². The third kappa shape index (κ3) is 4.09. The van der Waals surface area contributed by atoms with Crippen LogP contribution in [0.4, 0.5) is 8.78 Å². The van der Waals surface area contributed by atoms with Crippen LogP contribution in [0.25, 0.3) is 0 Å². The summed E-state index contributed by atoms with van der Waals surface area (Å²) >= 11 is 0. The van der Waals surface area contributed by atoms with Gasteiger partial charge in [-0.1, -0.05) is 36.4 Å². The predicted octanol–water partition coefficient (Wildman–Crippen LogP) is 4.01. The van der Waals surface area contributed by atoms with Gasteiger partial charge in [0.2, 0.25) is 0 Å². The van der Waals surface area contributed by atoms with Crippen molar-refractivity contribution in [2.75, 3.05) is 13.6 Å². The van der Waals surface area contributed by atoms with Gasteiger partial charge in [0, 0.05) is 24.6 Å². The van der Waals surface area contributed by atoms with E-state index in [1.54, 1.807) is 42.5 Å². The van der Waals surface area contributed by atoms with E-state index in [4.69, 9.17) is 4.42 Å². The maximum absolute atomic E-state index is 14.5. The number of hydrogen-bond acceptors (Lipinski definition) is 4. The van der Waals surface area contributed by atoms with Crippen molar-refractivity contribution in [3.8, 4) is 0 Å². The van der Waals surface area contributed by atoms with E-state index in [1.165, 1.54) is 36.4 Å². The highest BCUT2D eigenvalue weighted by Gasteiger charge is 2.36. The van der Waals surface area contributed by atoms with E-state index in [1.807, 2.05) is 0 Å². The topological polar surface area (TPSA) is 66.1 Å². The quantitative estimate of drug-likeness (QED) is 0.623. The van der Waals surface area contributed by atoms with Gasteiger partial charge in [-0.2, -0.15) is 5.10 Å². The van der Waals surface area contributed by atoms with Crippen molar-refractivity contribution < 1.29 is 22.8 Å². The molecule has 1 atom stereocenters. The Morgan fingerprint density at radius 1 is 1.06 bits per heavy atom. The first-order valence-electron chi connectivity index (χ1n) is 9.63. The molecule has 8 heteroatoms. The number of benzene rings is 2. The lowest BCUT2D eigenvalue weighted by Gasteiger charge is -2.24. The minimum absolute atomic E-state index is 0.0953. The molecule has 31 heavy (non-hydrogen) atoms. The molecule has 158 valence electrons. The summed E-state index contributed by atoms with van der Waals surface area (Å²) in [5.74, 6) is -1.87. The Hall–Kier alpha value is -3.81. The fourth-order valence-corrected chi connectivity index (χ4v) is 3.52. The van der Waals surface area contributed by atoms with Crippen LogP contribution in [0.3, 0.4) is 0 Å². The molecule has 0 fully saturated rings. The monoisotopic (exact) mass is 423 g/mol. The van der Waals surface area contributed by atoms with E-state index in [0.29, 0.717) is 5.71 Å². The highest BCUT2D eigenvalue weighted by Crippen LogP contribution is 2.34. The lowest BCUT2D eigenvalue weighted by Crippen LogP contribution is -2.39. The molecule has 2 aromatic carbocycles. The first kappa shape index (κ1) is 20.5. The normalized spacial score (nSPS) is 15.6. The van der Waals surface area contributed by atoms with Gasteiger partial charge < -0.3 is 9.32 Å². The molecular formula is C23H19F2N3O3. The molecule has 0 radical (unpaired) electrons. The summed E-state index contributed by atoms with van der Waals surface area (Å²) in [5, 5.41) is 5.46. The molecule has 1 unspecified atom stereocenters. The maximum atomic E-state index is 14.5. The zero-order valence-electron chi connectivity index (χ0n) is 16.7. The molecule has 2 heterocycles. The summed E-state index contributed by atoms with van der Waals surface area (Å²) in [4.78, 5) is 26.7. The number of nitrogens with zero attached hydrogens (tertiary/aromatic N) is 3. The van der Waals surface area contributed by atoms with Gasteiger partial charge in [0.25, 0.3) is 11.8 Å². The van der Waals surface area contributed by atoms with E-state index in [-0.39, 0.29) is 29.9 Å². The first-order valence-corrected chi connectivity index (χ1v) is 9.63. The molecular weight excluding hydrogens is 404 g/mol. The van der Waals surface area contributed by atoms with E-state index in [9.17, 15) is 18.4 Å². The van der Waals surface area contributed by atoms with Gasteiger partial charge in [-0.25, -0.2) is 13.8 Å². The average molecular weight is 423 g/mol. The van der Waals surface area contributed by atoms with Gasteiger partial charge >= 0.3 is 0 Å². The summed E-state index contributed by atoms with van der Waals surface area (Å²) in [6, 6.07) is 14.5. The summed E-state index contributed by atoms with van der Waals surface area (Å²) in [6.07, 6.45) is 1.51. The highest BCUT2D eigenvalue weighted by atomic mass is 19.1. The second kappa shape index (κ2) is 8.51. The lowest BCUT2D eigenvalue weighted by atomic mass is 9.97. The minimum atomic E-state index is -0.754. The highest BCUT2D eigenvalue weighted by molar-refractivity contribution is 6.03. The van der Waals surface area contributed by atoms with Crippen LogP contribution in [0.5, 0.6) is 0 Å². The van der Waals surface area contributed by atoms with Crippen molar-refractivity contribution in [2.45, 2.75) is 12.5 Å². The van der Waals surface area contributed by atoms with Crippen molar-refractivity contribution in [1.29, 1.82) is 0 Å². The number of likely N-dealkylation sites (N-methyl/N-ethyl adjacent to an activating group) is 1. The Morgan fingerprint density at radius 3 is 2.45 bits per heavy atom. The van der Waals surface area contributed by atoms with E-state index in [0.717, 1.165) is 5.01 Å². The molecule has 0 aliphatic carbocycles. The SMILES string of the molecule is CN(CC(=O)N1N=C(c2ccccc2F)CC1c1ccccc1F)C(=O)c1ccco1. The first-order chi connectivity index (χ1) is 15.0. The molecule has 6 nitrogen and oxygen atoms in total. The van der Waals surface area contributed by atoms with Crippen LogP contribution in [0, 0.1) is 11.6 Å². The molecule has 0 spiro atoms. The molecule has 1 aliphatic heterocycles. The van der Waals surface area contributed by atoms with Gasteiger partial charge in [0.1, 0.15) is 18.2 Å². The van der Waals surface area contributed by atoms with Crippen molar-refractivity contribution in [1.82, 2.24) is 9.91 Å². The van der Waals surface area contributed by atoms with Crippen LogP contribution in [-0.2, 0) is 4.79 Å². The number of amides is 2. The third-order valence-electron chi connectivity index (χ3n) is 5.07. The summed E-state index contributed by atoms with van der Waals surface area (Å²) < 4.78 is 33.9. The predicted molar refractivity (Wildman–Crippen MR) is 109 cm³/mol. The Balaban J connectivity index is 1.63. The lowest BCUT2D eigenvalue weighted by molar-refractivity contribution is -0.133. The second-order valence-electron chi connectivity index (χ2n) is 7.14. The fourth-order valence-electron chi connectivity index (χ4n) is 3.52. The molecule has 1 aromatic heterocycles. The molecule has 0 saturated heterocycles. The fraction of sp³-hybridized carbons (Fsp3) is 0.174. The Bertz CT molecular complexity index is 1140.